The van der Waals surface area contributed by atoms with Gasteiger partial charge in [-0.1, -0.05) is 0 Å². The molecule has 0 aliphatic carbocycles. The molecule has 6 heteroatoms. The van der Waals surface area contributed by atoms with Crippen molar-refractivity contribution in [3.63, 3.8) is 0 Å². The molecular formula is C11H14N4OS. The van der Waals surface area contributed by atoms with E-state index in [4.69, 9.17) is 0 Å². The van der Waals surface area contributed by atoms with Gasteiger partial charge in [0.1, 0.15) is 5.82 Å². The molecule has 2 aromatic rings. The van der Waals surface area contributed by atoms with E-state index in [-0.39, 0.29) is 5.91 Å². The van der Waals surface area contributed by atoms with E-state index in [9.17, 15) is 4.79 Å². The van der Waals surface area contributed by atoms with Gasteiger partial charge in [0.2, 0.25) is 0 Å². The maximum Gasteiger partial charge on any atom is 0.255 e. The number of carbonyl (C=O) groups excluding carboxylic acids is 1. The van der Waals surface area contributed by atoms with Gasteiger partial charge in [-0.2, -0.15) is 16.4 Å². The first-order chi connectivity index (χ1) is 8.08. The molecule has 0 fully saturated rings. The number of hydrogen-bond acceptors (Lipinski definition) is 4. The Labute approximate surface area is 103 Å². The van der Waals surface area contributed by atoms with Crippen LogP contribution in [0.3, 0.4) is 0 Å². The van der Waals surface area contributed by atoms with Gasteiger partial charge in [-0.15, -0.1) is 0 Å². The zero-order valence-electron chi connectivity index (χ0n) is 10.0. The smallest absolute Gasteiger partial charge is 0.255 e. The van der Waals surface area contributed by atoms with Crippen LogP contribution in [0.15, 0.2) is 10.8 Å². The number of amides is 1. The summed E-state index contributed by atoms with van der Waals surface area (Å²) in [5, 5.41) is 10.6. The van der Waals surface area contributed by atoms with Gasteiger partial charge < -0.3 is 4.90 Å². The lowest BCUT2D eigenvalue weighted by Crippen LogP contribution is -2.26. The fourth-order valence-electron chi connectivity index (χ4n) is 1.53. The van der Waals surface area contributed by atoms with Crippen molar-refractivity contribution in [2.45, 2.75) is 20.4 Å². The van der Waals surface area contributed by atoms with Crippen molar-refractivity contribution in [2.75, 3.05) is 7.05 Å². The molecule has 0 saturated heterocycles. The van der Waals surface area contributed by atoms with Crippen LogP contribution in [0.2, 0.25) is 0 Å². The van der Waals surface area contributed by atoms with Crippen molar-refractivity contribution in [2.24, 2.45) is 0 Å². The zero-order valence-corrected chi connectivity index (χ0v) is 10.8. The fourth-order valence-corrected chi connectivity index (χ4v) is 2.35. The van der Waals surface area contributed by atoms with Crippen LogP contribution < -0.4 is 0 Å². The molecule has 5 nitrogen and oxygen atoms in total. The number of H-pyrrole nitrogens is 1. The molecule has 0 unspecified atom stereocenters. The molecule has 0 aliphatic rings. The number of aromatic nitrogens is 3. The lowest BCUT2D eigenvalue weighted by Gasteiger charge is -2.14. The third-order valence-electron chi connectivity index (χ3n) is 2.45. The largest absolute Gasteiger partial charge is 0.334 e. The van der Waals surface area contributed by atoms with E-state index >= 15 is 0 Å². The lowest BCUT2D eigenvalue weighted by atomic mass is 10.2. The summed E-state index contributed by atoms with van der Waals surface area (Å²) in [7, 11) is 1.76. The van der Waals surface area contributed by atoms with E-state index in [0.29, 0.717) is 12.4 Å². The summed E-state index contributed by atoms with van der Waals surface area (Å²) in [6, 6.07) is 0. The van der Waals surface area contributed by atoms with Crippen LogP contribution in [-0.2, 0) is 6.54 Å². The van der Waals surface area contributed by atoms with E-state index in [1.54, 1.807) is 11.9 Å². The highest BCUT2D eigenvalue weighted by Crippen LogP contribution is 2.16. The Balaban J connectivity index is 2.08. The molecule has 0 saturated carbocycles. The second-order valence-corrected chi connectivity index (χ2v) is 4.71. The van der Waals surface area contributed by atoms with Crippen LogP contribution in [0.4, 0.5) is 0 Å². The molecule has 2 heterocycles. The molecule has 0 aliphatic heterocycles. The normalized spacial score (nSPS) is 10.5. The molecular weight excluding hydrogens is 236 g/mol. The maximum atomic E-state index is 12.1. The Hall–Kier alpha value is -1.69. The van der Waals surface area contributed by atoms with Gasteiger partial charge in [0.15, 0.2) is 5.82 Å². The highest BCUT2D eigenvalue weighted by molar-refractivity contribution is 7.08. The molecule has 2 aromatic heterocycles. The molecule has 0 atom stereocenters. The molecule has 0 radical (unpaired) electrons. The first kappa shape index (κ1) is 11.8. The third kappa shape index (κ3) is 2.52. The highest BCUT2D eigenvalue weighted by atomic mass is 32.1. The van der Waals surface area contributed by atoms with Crippen molar-refractivity contribution in [1.29, 1.82) is 0 Å². The van der Waals surface area contributed by atoms with Crippen LogP contribution in [0.1, 0.15) is 27.6 Å². The van der Waals surface area contributed by atoms with E-state index in [1.807, 2.05) is 24.6 Å². The van der Waals surface area contributed by atoms with Crippen LogP contribution in [0.25, 0.3) is 0 Å². The third-order valence-corrected chi connectivity index (χ3v) is 3.32. The minimum Gasteiger partial charge on any atom is -0.334 e. The molecule has 1 amide bonds. The van der Waals surface area contributed by atoms with Crippen molar-refractivity contribution >= 4 is 17.2 Å². The Bertz CT molecular complexity index is 531. The minimum absolute atomic E-state index is 0.00574. The van der Waals surface area contributed by atoms with Crippen molar-refractivity contribution < 1.29 is 4.79 Å². The number of aryl methyl sites for hydroxylation is 2. The second-order valence-electron chi connectivity index (χ2n) is 3.97. The Morgan fingerprint density at radius 1 is 1.47 bits per heavy atom. The van der Waals surface area contributed by atoms with Crippen LogP contribution in [0.5, 0.6) is 0 Å². The monoisotopic (exact) mass is 250 g/mol. The number of nitrogens with one attached hydrogen (secondary N) is 1. The van der Waals surface area contributed by atoms with Gasteiger partial charge in [-0.3, -0.25) is 9.89 Å². The number of carbonyl (C=O) groups is 1. The predicted molar refractivity (Wildman–Crippen MR) is 66.0 cm³/mol. The first-order valence-corrected chi connectivity index (χ1v) is 6.18. The average molecular weight is 250 g/mol. The van der Waals surface area contributed by atoms with Crippen molar-refractivity contribution in [3.8, 4) is 0 Å². The molecule has 17 heavy (non-hydrogen) atoms. The number of thiophene rings is 1. The number of rotatable bonds is 3. The van der Waals surface area contributed by atoms with E-state index in [1.165, 1.54) is 11.3 Å². The van der Waals surface area contributed by atoms with Crippen molar-refractivity contribution in [3.05, 3.63) is 33.5 Å². The zero-order chi connectivity index (χ0) is 12.4. The lowest BCUT2D eigenvalue weighted by molar-refractivity contribution is 0.0781. The number of hydrogen-bond donors (Lipinski definition) is 1. The summed E-state index contributed by atoms with van der Waals surface area (Å²) in [6.07, 6.45) is 0. The van der Waals surface area contributed by atoms with Crippen molar-refractivity contribution in [1.82, 2.24) is 20.1 Å². The summed E-state index contributed by atoms with van der Waals surface area (Å²) in [5.41, 5.74) is 1.77. The maximum absolute atomic E-state index is 12.1. The standard InChI is InChI=1S/C11H14N4OS/c1-7-5-17-6-9(7)11(16)15(3)4-10-12-8(2)13-14-10/h5-6H,4H2,1-3H3,(H,12,13,14). The Morgan fingerprint density at radius 2 is 2.24 bits per heavy atom. The molecule has 90 valence electrons. The second kappa shape index (κ2) is 4.67. The fraction of sp³-hybridized carbons (Fsp3) is 0.364. The predicted octanol–water partition coefficient (Wildman–Crippen LogP) is 1.76. The quantitative estimate of drug-likeness (QED) is 0.902. The van der Waals surface area contributed by atoms with Crippen LogP contribution in [0, 0.1) is 13.8 Å². The molecule has 0 aromatic carbocycles. The summed E-state index contributed by atoms with van der Waals surface area (Å²) in [5.74, 6) is 1.39. The van der Waals surface area contributed by atoms with Gasteiger partial charge in [0.05, 0.1) is 12.1 Å². The summed E-state index contributed by atoms with van der Waals surface area (Å²) in [4.78, 5) is 17.9. The van der Waals surface area contributed by atoms with Gasteiger partial charge in [0, 0.05) is 12.4 Å². The van der Waals surface area contributed by atoms with Gasteiger partial charge in [-0.25, -0.2) is 4.98 Å². The molecule has 0 bridgehead atoms. The van der Waals surface area contributed by atoms with Gasteiger partial charge in [0.25, 0.3) is 5.91 Å². The average Bonchev–Trinajstić information content (AvgIpc) is 2.86. The molecule has 2 rings (SSSR count). The van der Waals surface area contributed by atoms with E-state index < -0.39 is 0 Å². The summed E-state index contributed by atoms with van der Waals surface area (Å²) in [6.45, 7) is 4.19. The van der Waals surface area contributed by atoms with Gasteiger partial charge in [-0.05, 0) is 24.8 Å². The first-order valence-electron chi connectivity index (χ1n) is 5.24. The minimum atomic E-state index is 0.00574. The van der Waals surface area contributed by atoms with Crippen LogP contribution >= 0.6 is 11.3 Å². The summed E-state index contributed by atoms with van der Waals surface area (Å²) < 4.78 is 0. The van der Waals surface area contributed by atoms with Crippen LogP contribution in [-0.4, -0.2) is 33.0 Å². The topological polar surface area (TPSA) is 61.9 Å². The van der Waals surface area contributed by atoms with E-state index in [2.05, 4.69) is 15.2 Å². The van der Waals surface area contributed by atoms with E-state index in [0.717, 1.165) is 17.0 Å². The number of nitrogens with zero attached hydrogens (tertiary/aromatic N) is 3. The molecule has 1 N–H and O–H groups in total. The highest BCUT2D eigenvalue weighted by Gasteiger charge is 2.16. The molecule has 0 spiro atoms. The van der Waals surface area contributed by atoms with Gasteiger partial charge >= 0.3 is 0 Å². The number of aromatic amines is 1. The SMILES string of the molecule is Cc1nc(CN(C)C(=O)c2cscc2C)n[nH]1. The summed E-state index contributed by atoms with van der Waals surface area (Å²) >= 11 is 1.54. The Kier molecular flexibility index (Phi) is 3.23. The Morgan fingerprint density at radius 3 is 2.76 bits per heavy atom.